The van der Waals surface area contributed by atoms with E-state index in [-0.39, 0.29) is 5.91 Å². The molecule has 1 amide bonds. The summed E-state index contributed by atoms with van der Waals surface area (Å²) in [6.07, 6.45) is 0. The zero-order chi connectivity index (χ0) is 18.5. The molecule has 3 rings (SSSR count). The average Bonchev–Trinajstić information content (AvgIpc) is 3.11. The van der Waals surface area contributed by atoms with Crippen LogP contribution in [0.25, 0.3) is 11.5 Å². The lowest BCUT2D eigenvalue weighted by Gasteiger charge is -2.13. The van der Waals surface area contributed by atoms with Crippen molar-refractivity contribution >= 4 is 23.4 Å². The Kier molecular flexibility index (Phi) is 5.58. The molecule has 3 aromatic rings. The Hall–Kier alpha value is -2.80. The number of ether oxygens (including phenoxy) is 1. The highest BCUT2D eigenvalue weighted by atomic mass is 32.2. The van der Waals surface area contributed by atoms with Gasteiger partial charge in [-0.25, -0.2) is 0 Å². The minimum Gasteiger partial charge on any atom is -0.495 e. The molecule has 1 atom stereocenters. The molecule has 6 nitrogen and oxygen atoms in total. The highest BCUT2D eigenvalue weighted by Crippen LogP contribution is 2.29. The molecule has 0 saturated carbocycles. The van der Waals surface area contributed by atoms with Crippen LogP contribution in [0, 0.1) is 6.92 Å². The first kappa shape index (κ1) is 18.0. The number of hydrogen-bond acceptors (Lipinski definition) is 6. The second kappa shape index (κ2) is 8.05. The van der Waals surface area contributed by atoms with Crippen LogP contribution in [0.3, 0.4) is 0 Å². The van der Waals surface area contributed by atoms with Crippen molar-refractivity contribution in [3.8, 4) is 17.2 Å². The van der Waals surface area contributed by atoms with Gasteiger partial charge < -0.3 is 14.5 Å². The summed E-state index contributed by atoms with van der Waals surface area (Å²) in [7, 11) is 1.57. The van der Waals surface area contributed by atoms with Crippen LogP contribution in [0.2, 0.25) is 0 Å². The van der Waals surface area contributed by atoms with E-state index in [0.717, 1.165) is 11.1 Å². The fourth-order valence-electron chi connectivity index (χ4n) is 2.31. The van der Waals surface area contributed by atoms with E-state index in [0.29, 0.717) is 22.6 Å². The Morgan fingerprint density at radius 2 is 1.96 bits per heavy atom. The maximum Gasteiger partial charge on any atom is 0.277 e. The molecule has 1 aromatic heterocycles. The highest BCUT2D eigenvalue weighted by molar-refractivity contribution is 8.00. The summed E-state index contributed by atoms with van der Waals surface area (Å²) >= 11 is 1.21. The molecule has 2 aromatic carbocycles. The second-order valence-electron chi connectivity index (χ2n) is 5.69. The maximum atomic E-state index is 12.5. The van der Waals surface area contributed by atoms with Gasteiger partial charge in [0, 0.05) is 5.56 Å². The Balaban J connectivity index is 1.67. The summed E-state index contributed by atoms with van der Waals surface area (Å²) in [5.41, 5.74) is 2.51. The normalized spacial score (nSPS) is 11.8. The van der Waals surface area contributed by atoms with E-state index in [1.807, 2.05) is 55.5 Å². The first-order valence-electron chi connectivity index (χ1n) is 8.08. The number of benzene rings is 2. The molecule has 0 spiro atoms. The van der Waals surface area contributed by atoms with Gasteiger partial charge in [-0.05, 0) is 43.7 Å². The number of nitrogens with zero attached hydrogens (tertiary/aromatic N) is 2. The van der Waals surface area contributed by atoms with E-state index in [4.69, 9.17) is 9.15 Å². The van der Waals surface area contributed by atoms with Crippen molar-refractivity contribution in [3.05, 3.63) is 54.1 Å². The molecular weight excluding hydrogens is 350 g/mol. The molecule has 0 aliphatic heterocycles. The SMILES string of the molecule is COc1ccc(C)cc1NC(=O)[C@@H](C)Sc1nnc(-c2ccccc2)o1. The van der Waals surface area contributed by atoms with Gasteiger partial charge in [-0.2, -0.15) is 0 Å². The van der Waals surface area contributed by atoms with Crippen molar-refractivity contribution in [2.24, 2.45) is 0 Å². The number of aryl methyl sites for hydroxylation is 1. The van der Waals surface area contributed by atoms with Crippen molar-refractivity contribution < 1.29 is 13.9 Å². The van der Waals surface area contributed by atoms with E-state index in [1.165, 1.54) is 11.8 Å². The first-order valence-corrected chi connectivity index (χ1v) is 8.96. The Bertz CT molecular complexity index is 896. The number of nitrogens with one attached hydrogen (secondary N) is 1. The van der Waals surface area contributed by atoms with Crippen molar-refractivity contribution in [1.29, 1.82) is 0 Å². The number of aromatic nitrogens is 2. The summed E-state index contributed by atoms with van der Waals surface area (Å²) in [6.45, 7) is 3.74. The summed E-state index contributed by atoms with van der Waals surface area (Å²) in [5, 5.41) is 10.9. The minimum absolute atomic E-state index is 0.168. The predicted octanol–water partition coefficient (Wildman–Crippen LogP) is 4.17. The van der Waals surface area contributed by atoms with Gasteiger partial charge in [0.15, 0.2) is 0 Å². The number of carbonyl (C=O) groups is 1. The van der Waals surface area contributed by atoms with Gasteiger partial charge in [0.2, 0.25) is 11.8 Å². The van der Waals surface area contributed by atoms with Gasteiger partial charge in [-0.1, -0.05) is 36.0 Å². The van der Waals surface area contributed by atoms with Crippen LogP contribution in [0.5, 0.6) is 5.75 Å². The van der Waals surface area contributed by atoms with Crippen molar-refractivity contribution in [2.45, 2.75) is 24.3 Å². The third-order valence-electron chi connectivity index (χ3n) is 3.69. The van der Waals surface area contributed by atoms with Crippen molar-refractivity contribution in [2.75, 3.05) is 12.4 Å². The molecule has 0 saturated heterocycles. The van der Waals surface area contributed by atoms with Gasteiger partial charge in [0.05, 0.1) is 18.0 Å². The number of thioether (sulfide) groups is 1. The quantitative estimate of drug-likeness (QED) is 0.657. The lowest BCUT2D eigenvalue weighted by molar-refractivity contribution is -0.115. The molecule has 7 heteroatoms. The first-order chi connectivity index (χ1) is 12.6. The fraction of sp³-hybridized carbons (Fsp3) is 0.211. The lowest BCUT2D eigenvalue weighted by atomic mass is 10.2. The molecular formula is C19H19N3O3S. The van der Waals surface area contributed by atoms with Crippen LogP contribution in [0.15, 0.2) is 58.2 Å². The average molecular weight is 369 g/mol. The monoisotopic (exact) mass is 369 g/mol. The number of hydrogen-bond donors (Lipinski definition) is 1. The van der Waals surface area contributed by atoms with Gasteiger partial charge in [0.1, 0.15) is 5.75 Å². The second-order valence-corrected chi connectivity index (χ2v) is 6.98. The Morgan fingerprint density at radius 1 is 1.19 bits per heavy atom. The Labute approximate surface area is 156 Å². The van der Waals surface area contributed by atoms with Crippen molar-refractivity contribution in [1.82, 2.24) is 10.2 Å². The van der Waals surface area contributed by atoms with Crippen LogP contribution >= 0.6 is 11.8 Å². The largest absolute Gasteiger partial charge is 0.495 e. The molecule has 0 radical (unpaired) electrons. The third kappa shape index (κ3) is 4.23. The predicted molar refractivity (Wildman–Crippen MR) is 101 cm³/mol. The van der Waals surface area contributed by atoms with Crippen LogP contribution in [-0.4, -0.2) is 28.5 Å². The molecule has 0 aliphatic carbocycles. The molecule has 0 fully saturated rings. The number of anilines is 1. The summed E-state index contributed by atoms with van der Waals surface area (Å²) in [5.74, 6) is 0.879. The summed E-state index contributed by atoms with van der Waals surface area (Å²) < 4.78 is 10.9. The summed E-state index contributed by atoms with van der Waals surface area (Å²) in [6, 6.07) is 15.1. The minimum atomic E-state index is -0.413. The molecule has 26 heavy (non-hydrogen) atoms. The van der Waals surface area contributed by atoms with Crippen molar-refractivity contribution in [3.63, 3.8) is 0 Å². The molecule has 134 valence electrons. The van der Waals surface area contributed by atoms with Crippen LogP contribution in [0.4, 0.5) is 5.69 Å². The molecule has 0 bridgehead atoms. The number of carbonyl (C=O) groups excluding carboxylic acids is 1. The van der Waals surface area contributed by atoms with E-state index in [9.17, 15) is 4.79 Å². The Morgan fingerprint density at radius 3 is 2.69 bits per heavy atom. The standard InChI is InChI=1S/C19H19N3O3S/c1-12-9-10-16(24-3)15(11-12)20-17(23)13(2)26-19-22-21-18(25-19)14-7-5-4-6-8-14/h4-11,13H,1-3H3,(H,20,23)/t13-/m1/s1. The van der Waals surface area contributed by atoms with E-state index in [2.05, 4.69) is 15.5 Å². The van der Waals surface area contributed by atoms with Gasteiger partial charge in [-0.15, -0.1) is 10.2 Å². The topological polar surface area (TPSA) is 77.2 Å². The number of amides is 1. The van der Waals surface area contributed by atoms with E-state index in [1.54, 1.807) is 14.0 Å². The smallest absolute Gasteiger partial charge is 0.277 e. The third-order valence-corrected chi connectivity index (χ3v) is 4.62. The van der Waals surface area contributed by atoms with Crippen LogP contribution < -0.4 is 10.1 Å². The zero-order valence-corrected chi connectivity index (χ0v) is 15.5. The summed E-state index contributed by atoms with van der Waals surface area (Å²) in [4.78, 5) is 12.5. The van der Waals surface area contributed by atoms with Crippen LogP contribution in [-0.2, 0) is 4.79 Å². The zero-order valence-electron chi connectivity index (χ0n) is 14.7. The molecule has 0 aliphatic rings. The lowest BCUT2D eigenvalue weighted by Crippen LogP contribution is -2.22. The molecule has 1 N–H and O–H groups in total. The molecule has 0 unspecified atom stereocenters. The van der Waals surface area contributed by atoms with E-state index < -0.39 is 5.25 Å². The molecule has 1 heterocycles. The number of methoxy groups -OCH3 is 1. The highest BCUT2D eigenvalue weighted by Gasteiger charge is 2.20. The van der Waals surface area contributed by atoms with E-state index >= 15 is 0 Å². The maximum absolute atomic E-state index is 12.5. The van der Waals surface area contributed by atoms with Crippen LogP contribution in [0.1, 0.15) is 12.5 Å². The van der Waals surface area contributed by atoms with Gasteiger partial charge in [-0.3, -0.25) is 4.79 Å². The van der Waals surface area contributed by atoms with Gasteiger partial charge >= 0.3 is 0 Å². The van der Waals surface area contributed by atoms with Gasteiger partial charge in [0.25, 0.3) is 5.22 Å². The fourth-order valence-corrected chi connectivity index (χ4v) is 3.00. The number of rotatable bonds is 6.